The Hall–Kier alpha value is -2.18. The van der Waals surface area contributed by atoms with Gasteiger partial charge in [-0.3, -0.25) is 0 Å². The summed E-state index contributed by atoms with van der Waals surface area (Å²) in [6.45, 7) is 0. The molecule has 0 spiro atoms. The molecule has 0 radical (unpaired) electrons. The van der Waals surface area contributed by atoms with Gasteiger partial charge in [0.05, 0.1) is 21.8 Å². The SMILES string of the molecule is O=S(=O)(c1cnn(-c2c(Cl)cc(C(F)(F)F)cc2Cl)c1-n1cccc1)C(F)(F)F. The van der Waals surface area contributed by atoms with Gasteiger partial charge in [0.15, 0.2) is 5.82 Å². The van der Waals surface area contributed by atoms with E-state index in [1.54, 1.807) is 0 Å². The van der Waals surface area contributed by atoms with Gasteiger partial charge in [-0.25, -0.2) is 13.1 Å². The van der Waals surface area contributed by atoms with Crippen LogP contribution in [0, 0.1) is 0 Å². The van der Waals surface area contributed by atoms with Gasteiger partial charge in [0.25, 0.3) is 9.84 Å². The number of halogens is 8. The molecule has 0 aliphatic heterocycles. The van der Waals surface area contributed by atoms with Crippen LogP contribution in [0.3, 0.4) is 0 Å². The van der Waals surface area contributed by atoms with Crippen molar-refractivity contribution in [3.63, 3.8) is 0 Å². The predicted molar refractivity (Wildman–Crippen MR) is 91.2 cm³/mol. The Bertz CT molecular complexity index is 1140. The Morgan fingerprint density at radius 3 is 1.90 bits per heavy atom. The first-order chi connectivity index (χ1) is 13.2. The summed E-state index contributed by atoms with van der Waals surface area (Å²) in [5, 5.41) is 2.40. The molecule has 2 aromatic heterocycles. The molecule has 0 saturated carbocycles. The van der Waals surface area contributed by atoms with Gasteiger partial charge in [0, 0.05) is 12.4 Å². The Labute approximate surface area is 169 Å². The molecule has 0 amide bonds. The van der Waals surface area contributed by atoms with Crippen LogP contribution < -0.4 is 0 Å². The van der Waals surface area contributed by atoms with Crippen molar-refractivity contribution < 1.29 is 34.8 Å². The van der Waals surface area contributed by atoms with Gasteiger partial charge in [0.1, 0.15) is 10.6 Å². The molecule has 1 aromatic carbocycles. The molecule has 0 unspecified atom stereocenters. The van der Waals surface area contributed by atoms with Gasteiger partial charge >= 0.3 is 11.7 Å². The molecule has 29 heavy (non-hydrogen) atoms. The third-order valence-corrected chi connectivity index (χ3v) is 5.76. The maximum Gasteiger partial charge on any atom is 0.502 e. The molecule has 5 nitrogen and oxygen atoms in total. The summed E-state index contributed by atoms with van der Waals surface area (Å²) in [7, 11) is -5.85. The second kappa shape index (κ2) is 6.96. The van der Waals surface area contributed by atoms with Gasteiger partial charge in [0.2, 0.25) is 0 Å². The van der Waals surface area contributed by atoms with Gasteiger partial charge < -0.3 is 4.57 Å². The highest BCUT2D eigenvalue weighted by molar-refractivity contribution is 7.92. The second-order valence-corrected chi connectivity index (χ2v) is 8.29. The molecular formula is C15H7Cl2F6N3O2S. The first-order valence-electron chi connectivity index (χ1n) is 7.34. The van der Waals surface area contributed by atoms with E-state index in [0.717, 1.165) is 4.57 Å². The normalized spacial score (nSPS) is 13.1. The summed E-state index contributed by atoms with van der Waals surface area (Å²) >= 11 is 11.8. The van der Waals surface area contributed by atoms with Crippen molar-refractivity contribution in [1.82, 2.24) is 14.3 Å². The fourth-order valence-electron chi connectivity index (χ4n) is 2.45. The van der Waals surface area contributed by atoms with Crippen molar-refractivity contribution in [2.75, 3.05) is 0 Å². The fourth-order valence-corrected chi connectivity index (χ4v) is 3.96. The number of rotatable bonds is 3. The maximum absolute atomic E-state index is 13.1. The zero-order chi connectivity index (χ0) is 21.8. The molecule has 0 N–H and O–H groups in total. The van der Waals surface area contributed by atoms with E-state index in [4.69, 9.17) is 23.2 Å². The molecule has 3 rings (SSSR count). The van der Waals surface area contributed by atoms with E-state index < -0.39 is 53.5 Å². The van der Waals surface area contributed by atoms with E-state index in [2.05, 4.69) is 5.10 Å². The molecule has 0 aliphatic rings. The monoisotopic (exact) mass is 477 g/mol. The Morgan fingerprint density at radius 2 is 1.45 bits per heavy atom. The lowest BCUT2D eigenvalue weighted by Gasteiger charge is -2.16. The topological polar surface area (TPSA) is 56.9 Å². The Balaban J connectivity index is 2.34. The van der Waals surface area contributed by atoms with Crippen LogP contribution in [-0.4, -0.2) is 28.3 Å². The molecule has 2 heterocycles. The van der Waals surface area contributed by atoms with Crippen LogP contribution in [0.5, 0.6) is 0 Å². The molecule has 3 aromatic rings. The van der Waals surface area contributed by atoms with Crippen molar-refractivity contribution in [3.8, 4) is 11.5 Å². The summed E-state index contributed by atoms with van der Waals surface area (Å²) in [5.74, 6) is -0.629. The second-order valence-electron chi connectivity index (χ2n) is 5.57. The average Bonchev–Trinajstić information content (AvgIpc) is 3.21. The summed E-state index contributed by atoms with van der Waals surface area (Å²) in [6.07, 6.45) is -1.93. The van der Waals surface area contributed by atoms with Gasteiger partial charge in [-0.1, -0.05) is 23.2 Å². The molecule has 14 heteroatoms. The molecule has 156 valence electrons. The molecular weight excluding hydrogens is 471 g/mol. The zero-order valence-corrected chi connectivity index (χ0v) is 16.0. The predicted octanol–water partition coefficient (Wildman–Crippen LogP) is 5.28. The summed E-state index contributed by atoms with van der Waals surface area (Å²) in [6, 6.07) is 3.78. The third kappa shape index (κ3) is 3.71. The van der Waals surface area contributed by atoms with E-state index in [9.17, 15) is 34.8 Å². The Kier molecular flexibility index (Phi) is 5.16. The highest BCUT2D eigenvalue weighted by Crippen LogP contribution is 2.40. The minimum absolute atomic E-state index is 0.419. The zero-order valence-electron chi connectivity index (χ0n) is 13.6. The number of hydrogen-bond acceptors (Lipinski definition) is 3. The van der Waals surface area contributed by atoms with Crippen LogP contribution >= 0.6 is 23.2 Å². The standard InChI is InChI=1S/C15H7Cl2F6N3O2S/c16-9-5-8(14(18,19)20)6-10(17)12(9)26-13(25-3-1-2-4-25)11(7-24-26)29(27,28)15(21,22)23/h1-7H. The first-order valence-corrected chi connectivity index (χ1v) is 9.58. The smallest absolute Gasteiger partial charge is 0.307 e. The maximum atomic E-state index is 13.1. The van der Waals surface area contributed by atoms with Gasteiger partial charge in [-0.05, 0) is 24.3 Å². The third-order valence-electron chi connectivity index (χ3n) is 3.71. The number of benzene rings is 1. The van der Waals surface area contributed by atoms with Crippen molar-refractivity contribution in [3.05, 3.63) is 58.5 Å². The van der Waals surface area contributed by atoms with Crippen LogP contribution in [0.4, 0.5) is 26.3 Å². The quantitative estimate of drug-likeness (QED) is 0.482. The molecule has 0 atom stereocenters. The van der Waals surface area contributed by atoms with E-state index in [0.29, 0.717) is 23.0 Å². The van der Waals surface area contributed by atoms with E-state index >= 15 is 0 Å². The van der Waals surface area contributed by atoms with E-state index in [-0.39, 0.29) is 0 Å². The highest BCUT2D eigenvalue weighted by Gasteiger charge is 2.49. The summed E-state index contributed by atoms with van der Waals surface area (Å²) in [5.41, 5.74) is -7.26. The number of aromatic nitrogens is 3. The number of nitrogens with zero attached hydrogens (tertiary/aromatic N) is 3. The van der Waals surface area contributed by atoms with Crippen LogP contribution in [0.25, 0.3) is 11.5 Å². The summed E-state index contributed by atoms with van der Waals surface area (Å²) in [4.78, 5) is -1.23. The lowest BCUT2D eigenvalue weighted by molar-refractivity contribution is -0.137. The van der Waals surface area contributed by atoms with Gasteiger partial charge in [-0.2, -0.15) is 31.4 Å². The Morgan fingerprint density at radius 1 is 0.931 bits per heavy atom. The molecule has 0 bridgehead atoms. The number of alkyl halides is 6. The summed E-state index contributed by atoms with van der Waals surface area (Å²) < 4.78 is 104. The van der Waals surface area contributed by atoms with E-state index in [1.165, 1.54) is 24.5 Å². The van der Waals surface area contributed by atoms with Crippen LogP contribution in [0.2, 0.25) is 10.0 Å². The largest absolute Gasteiger partial charge is 0.502 e. The number of hydrogen-bond donors (Lipinski definition) is 0. The van der Waals surface area contributed by atoms with Crippen molar-refractivity contribution >= 4 is 33.0 Å². The first kappa shape index (κ1) is 21.5. The fraction of sp³-hybridized carbons (Fsp3) is 0.133. The minimum Gasteiger partial charge on any atom is -0.307 e. The lowest BCUT2D eigenvalue weighted by Crippen LogP contribution is -2.24. The lowest BCUT2D eigenvalue weighted by atomic mass is 10.2. The van der Waals surface area contributed by atoms with Gasteiger partial charge in [-0.15, -0.1) is 0 Å². The molecule has 0 fully saturated rings. The van der Waals surface area contributed by atoms with Crippen LogP contribution in [0.1, 0.15) is 5.56 Å². The van der Waals surface area contributed by atoms with Crippen molar-refractivity contribution in [2.45, 2.75) is 16.6 Å². The number of sulfone groups is 1. The van der Waals surface area contributed by atoms with Crippen LogP contribution in [-0.2, 0) is 16.0 Å². The molecule has 0 saturated heterocycles. The highest BCUT2D eigenvalue weighted by atomic mass is 35.5. The average molecular weight is 478 g/mol. The van der Waals surface area contributed by atoms with E-state index in [1.807, 2.05) is 0 Å². The van der Waals surface area contributed by atoms with Crippen molar-refractivity contribution in [2.24, 2.45) is 0 Å². The molecule has 0 aliphatic carbocycles. The van der Waals surface area contributed by atoms with Crippen LogP contribution in [0.15, 0.2) is 47.8 Å². The van der Waals surface area contributed by atoms with Crippen molar-refractivity contribution in [1.29, 1.82) is 0 Å². The minimum atomic E-state index is -5.85.